The molecule has 1 aromatic heterocycles. The van der Waals surface area contributed by atoms with Crippen molar-refractivity contribution in [3.63, 3.8) is 0 Å². The maximum absolute atomic E-state index is 13.1. The number of carbonyl (C=O) groups excluding carboxylic acids is 1. The fourth-order valence-corrected chi connectivity index (χ4v) is 3.98. The molecular weight excluding hydrogens is 377 g/mol. The summed E-state index contributed by atoms with van der Waals surface area (Å²) in [6.07, 6.45) is 0. The molecule has 144 valence electrons. The minimum atomic E-state index is -0.287. The number of halogens is 1. The van der Waals surface area contributed by atoms with Crippen LogP contribution in [0, 0.1) is 5.82 Å². The van der Waals surface area contributed by atoms with Gasteiger partial charge >= 0.3 is 0 Å². The Kier molecular flexibility index (Phi) is 5.25. The van der Waals surface area contributed by atoms with Gasteiger partial charge in [-0.3, -0.25) is 4.79 Å². The van der Waals surface area contributed by atoms with Gasteiger partial charge in [-0.05, 0) is 66.1 Å². The van der Waals surface area contributed by atoms with E-state index in [1.807, 2.05) is 29.2 Å². The van der Waals surface area contributed by atoms with Crippen molar-refractivity contribution in [3.8, 4) is 17.0 Å². The van der Waals surface area contributed by atoms with Gasteiger partial charge in [0.1, 0.15) is 16.4 Å². The van der Waals surface area contributed by atoms with E-state index in [9.17, 15) is 9.18 Å². The molecule has 0 unspecified atom stereocenters. The van der Waals surface area contributed by atoms with Gasteiger partial charge in [-0.25, -0.2) is 4.39 Å². The highest BCUT2D eigenvalue weighted by Gasteiger charge is 2.24. The van der Waals surface area contributed by atoms with Crippen LogP contribution in [0.3, 0.4) is 0 Å². The van der Waals surface area contributed by atoms with Crippen molar-refractivity contribution >= 4 is 23.1 Å². The number of methoxy groups -OCH3 is 1. The zero-order chi connectivity index (χ0) is 19.5. The first kappa shape index (κ1) is 18.4. The monoisotopic (exact) mass is 397 g/mol. The highest BCUT2D eigenvalue weighted by atomic mass is 32.1. The van der Waals surface area contributed by atoms with Gasteiger partial charge in [-0.2, -0.15) is 4.37 Å². The first-order chi connectivity index (χ1) is 13.6. The Bertz CT molecular complexity index is 949. The number of carbonyl (C=O) groups is 1. The van der Waals surface area contributed by atoms with Crippen LogP contribution in [0.4, 0.5) is 10.1 Å². The van der Waals surface area contributed by atoms with E-state index in [1.165, 1.54) is 23.7 Å². The number of nitrogens with zero attached hydrogens (tertiary/aromatic N) is 3. The molecule has 0 atom stereocenters. The van der Waals surface area contributed by atoms with Crippen LogP contribution in [-0.4, -0.2) is 48.5 Å². The van der Waals surface area contributed by atoms with E-state index in [2.05, 4.69) is 9.27 Å². The largest absolute Gasteiger partial charge is 0.497 e. The van der Waals surface area contributed by atoms with E-state index in [0.29, 0.717) is 23.7 Å². The third kappa shape index (κ3) is 3.84. The number of benzene rings is 2. The maximum atomic E-state index is 13.1. The Hall–Kier alpha value is -2.93. The second-order valence-electron chi connectivity index (χ2n) is 6.56. The maximum Gasteiger partial charge on any atom is 0.265 e. The fraction of sp³-hybridized carbons (Fsp3) is 0.238. The van der Waals surface area contributed by atoms with E-state index in [1.54, 1.807) is 25.3 Å². The van der Waals surface area contributed by atoms with Gasteiger partial charge in [0, 0.05) is 37.4 Å². The lowest BCUT2D eigenvalue weighted by atomic mass is 10.1. The molecular formula is C21H20FN3O2S. The number of hydrogen-bond donors (Lipinski definition) is 0. The molecule has 28 heavy (non-hydrogen) atoms. The summed E-state index contributed by atoms with van der Waals surface area (Å²) in [5, 5.41) is 0. The first-order valence-corrected chi connectivity index (χ1v) is 9.82. The van der Waals surface area contributed by atoms with Gasteiger partial charge in [0.15, 0.2) is 0 Å². The molecule has 1 aliphatic heterocycles. The molecule has 0 saturated carbocycles. The molecule has 0 aliphatic carbocycles. The number of rotatable bonds is 4. The minimum Gasteiger partial charge on any atom is -0.497 e. The molecule has 7 heteroatoms. The van der Waals surface area contributed by atoms with Gasteiger partial charge < -0.3 is 14.5 Å². The Morgan fingerprint density at radius 1 is 1.04 bits per heavy atom. The van der Waals surface area contributed by atoms with E-state index in [0.717, 1.165) is 30.1 Å². The number of hydrogen-bond acceptors (Lipinski definition) is 5. The topological polar surface area (TPSA) is 45.7 Å². The minimum absolute atomic E-state index is 0.000225. The van der Waals surface area contributed by atoms with Crippen LogP contribution in [0.2, 0.25) is 0 Å². The van der Waals surface area contributed by atoms with Crippen molar-refractivity contribution in [3.05, 3.63) is 65.3 Å². The molecule has 1 saturated heterocycles. The molecule has 1 fully saturated rings. The average molecular weight is 397 g/mol. The fourth-order valence-electron chi connectivity index (χ4n) is 3.25. The summed E-state index contributed by atoms with van der Waals surface area (Å²) in [6, 6.07) is 15.9. The van der Waals surface area contributed by atoms with Gasteiger partial charge in [-0.15, -0.1) is 0 Å². The Balaban J connectivity index is 1.39. The number of ether oxygens (including phenoxy) is 1. The Morgan fingerprint density at radius 3 is 2.36 bits per heavy atom. The molecule has 0 radical (unpaired) electrons. The predicted molar refractivity (Wildman–Crippen MR) is 109 cm³/mol. The van der Waals surface area contributed by atoms with Gasteiger partial charge in [-0.1, -0.05) is 0 Å². The number of amides is 1. The third-order valence-electron chi connectivity index (χ3n) is 4.87. The molecule has 5 nitrogen and oxygen atoms in total. The van der Waals surface area contributed by atoms with Crippen LogP contribution >= 0.6 is 11.5 Å². The van der Waals surface area contributed by atoms with Crippen LogP contribution in [0.15, 0.2) is 54.6 Å². The third-order valence-corrected chi connectivity index (χ3v) is 5.64. The molecule has 0 N–H and O–H groups in total. The highest BCUT2D eigenvalue weighted by molar-refractivity contribution is 7.08. The van der Waals surface area contributed by atoms with Crippen LogP contribution < -0.4 is 9.64 Å². The first-order valence-electron chi connectivity index (χ1n) is 9.05. The normalized spacial score (nSPS) is 14.2. The molecule has 0 spiro atoms. The molecule has 2 aromatic carbocycles. The molecule has 1 aliphatic rings. The van der Waals surface area contributed by atoms with Crippen molar-refractivity contribution in [2.75, 3.05) is 38.2 Å². The summed E-state index contributed by atoms with van der Waals surface area (Å²) in [7, 11) is 1.65. The van der Waals surface area contributed by atoms with Gasteiger partial charge in [0.25, 0.3) is 5.91 Å². The lowest BCUT2D eigenvalue weighted by Gasteiger charge is -2.35. The van der Waals surface area contributed by atoms with Gasteiger partial charge in [0.2, 0.25) is 0 Å². The zero-order valence-electron chi connectivity index (χ0n) is 15.5. The lowest BCUT2D eigenvalue weighted by Crippen LogP contribution is -2.48. The second-order valence-corrected chi connectivity index (χ2v) is 7.37. The molecule has 3 aromatic rings. The molecule has 0 bridgehead atoms. The summed E-state index contributed by atoms with van der Waals surface area (Å²) in [5.41, 5.74) is 2.63. The van der Waals surface area contributed by atoms with Crippen molar-refractivity contribution in [1.82, 2.24) is 9.27 Å². The second kappa shape index (κ2) is 7.98. The van der Waals surface area contributed by atoms with Crippen molar-refractivity contribution < 1.29 is 13.9 Å². The van der Waals surface area contributed by atoms with Gasteiger partial charge in [0.05, 0.1) is 12.8 Å². The van der Waals surface area contributed by atoms with E-state index < -0.39 is 0 Å². The summed E-state index contributed by atoms with van der Waals surface area (Å²) in [4.78, 5) is 17.6. The summed E-state index contributed by atoms with van der Waals surface area (Å²) >= 11 is 1.19. The standard InChI is InChI=1S/C21H20FN3O2S/c1-27-18-8-6-17(7-9-18)24-10-12-25(13-11-24)21(26)20-14-19(23-28-20)15-2-4-16(22)5-3-15/h2-9,14H,10-13H2,1H3. The van der Waals surface area contributed by atoms with E-state index in [4.69, 9.17) is 4.74 Å². The van der Waals surface area contributed by atoms with Crippen LogP contribution in [-0.2, 0) is 0 Å². The predicted octanol–water partition coefficient (Wildman–Crippen LogP) is 3.92. The van der Waals surface area contributed by atoms with Crippen LogP contribution in [0.5, 0.6) is 5.75 Å². The average Bonchev–Trinajstić information content (AvgIpc) is 3.24. The lowest BCUT2D eigenvalue weighted by molar-refractivity contribution is 0.0751. The smallest absolute Gasteiger partial charge is 0.265 e. The SMILES string of the molecule is COc1ccc(N2CCN(C(=O)c3cc(-c4ccc(F)cc4)ns3)CC2)cc1. The summed E-state index contributed by atoms with van der Waals surface area (Å²) in [6.45, 7) is 2.88. The molecule has 4 rings (SSSR count). The summed E-state index contributed by atoms with van der Waals surface area (Å²) in [5.74, 6) is 0.546. The molecule has 1 amide bonds. The summed E-state index contributed by atoms with van der Waals surface area (Å²) < 4.78 is 22.6. The zero-order valence-corrected chi connectivity index (χ0v) is 16.3. The van der Waals surface area contributed by atoms with Crippen molar-refractivity contribution in [1.29, 1.82) is 0 Å². The number of piperazine rings is 1. The number of aromatic nitrogens is 1. The Morgan fingerprint density at radius 2 is 1.71 bits per heavy atom. The molecule has 2 heterocycles. The Labute approximate surface area is 167 Å². The van der Waals surface area contributed by atoms with Crippen molar-refractivity contribution in [2.45, 2.75) is 0 Å². The van der Waals surface area contributed by atoms with E-state index >= 15 is 0 Å². The number of anilines is 1. The van der Waals surface area contributed by atoms with Crippen molar-refractivity contribution in [2.24, 2.45) is 0 Å². The highest BCUT2D eigenvalue weighted by Crippen LogP contribution is 2.25. The quantitative estimate of drug-likeness (QED) is 0.669. The van der Waals surface area contributed by atoms with Crippen LogP contribution in [0.1, 0.15) is 9.67 Å². The van der Waals surface area contributed by atoms with E-state index in [-0.39, 0.29) is 11.7 Å². The van der Waals surface area contributed by atoms with Crippen LogP contribution in [0.25, 0.3) is 11.3 Å².